The summed E-state index contributed by atoms with van der Waals surface area (Å²) in [5, 5.41) is 24.7. The molecule has 2 heterocycles. The molecule has 1 saturated carbocycles. The number of halogens is 1. The van der Waals surface area contributed by atoms with Crippen LogP contribution >= 0.6 is 11.6 Å². The summed E-state index contributed by atoms with van der Waals surface area (Å²) in [6.45, 7) is 7.32. The van der Waals surface area contributed by atoms with Crippen LogP contribution in [0.15, 0.2) is 71.9 Å². The first-order valence-electron chi connectivity index (χ1n) is 21.0. The molecule has 1 amide bonds. The lowest BCUT2D eigenvalue weighted by atomic mass is 9.55. The molecule has 2 fully saturated rings. The summed E-state index contributed by atoms with van der Waals surface area (Å²) in [6.07, 6.45) is 11.8. The number of fused-ring (bicyclic) bond motifs is 2. The van der Waals surface area contributed by atoms with Gasteiger partial charge < -0.3 is 38.7 Å². The maximum Gasteiger partial charge on any atom is 0.410 e. The van der Waals surface area contributed by atoms with E-state index in [-0.39, 0.29) is 56.5 Å². The summed E-state index contributed by atoms with van der Waals surface area (Å²) >= 11 is 6.02. The van der Waals surface area contributed by atoms with Gasteiger partial charge in [-0.05, 0) is 92.7 Å². The number of hydrogen-bond donors (Lipinski definition) is 2. The van der Waals surface area contributed by atoms with Crippen molar-refractivity contribution in [2.24, 2.45) is 22.9 Å². The molecule has 0 radical (unpaired) electrons. The molecule has 0 spiro atoms. The van der Waals surface area contributed by atoms with E-state index in [4.69, 9.17) is 45.3 Å². The number of unbranched alkanes of at least 4 members (excludes halogenated alkanes) is 2. The number of benzene rings is 2. The highest BCUT2D eigenvalue weighted by Gasteiger charge is 2.65. The third-order valence-corrected chi connectivity index (χ3v) is 11.8. The van der Waals surface area contributed by atoms with Gasteiger partial charge in [0.05, 0.1) is 30.7 Å². The predicted octanol–water partition coefficient (Wildman–Crippen LogP) is 8.54. The number of alkyl halides is 1. The fourth-order valence-corrected chi connectivity index (χ4v) is 9.32. The second kappa shape index (κ2) is 21.4. The first-order valence-corrected chi connectivity index (χ1v) is 21.5. The van der Waals surface area contributed by atoms with Crippen LogP contribution in [0.3, 0.4) is 0 Å². The number of nitrogens with zero attached hydrogens (tertiary/aromatic N) is 2. The van der Waals surface area contributed by atoms with Gasteiger partial charge in [0.15, 0.2) is 0 Å². The molecule has 7 unspecified atom stereocenters. The van der Waals surface area contributed by atoms with E-state index >= 15 is 0 Å². The quantitative estimate of drug-likeness (QED) is 0.0413. The average molecular weight is 823 g/mol. The van der Waals surface area contributed by atoms with Gasteiger partial charge in [0, 0.05) is 49.6 Å². The minimum Gasteiger partial charge on any atom is -0.459 e. The molecule has 7 atom stereocenters. The van der Waals surface area contributed by atoms with Crippen molar-refractivity contribution in [3.05, 3.63) is 77.9 Å². The number of carbonyl (C=O) groups is 2. The molecule has 2 aromatic carbocycles. The maximum atomic E-state index is 14.1. The van der Waals surface area contributed by atoms with E-state index in [2.05, 4.69) is 12.7 Å². The Kier molecular flexibility index (Phi) is 16.1. The third kappa shape index (κ3) is 9.90. The Morgan fingerprint density at radius 1 is 1.09 bits per heavy atom. The van der Waals surface area contributed by atoms with Crippen molar-refractivity contribution in [1.29, 1.82) is 0 Å². The Bertz CT molecular complexity index is 1750. The molecule has 2 aromatic rings. The van der Waals surface area contributed by atoms with Crippen molar-refractivity contribution in [1.82, 2.24) is 4.90 Å². The number of hydrogen-bond acceptors (Lipinski definition) is 11. The predicted molar refractivity (Wildman–Crippen MR) is 221 cm³/mol. The zero-order valence-electron chi connectivity index (χ0n) is 33.6. The normalized spacial score (nSPS) is 26.7. The summed E-state index contributed by atoms with van der Waals surface area (Å²) in [4.78, 5) is 33.6. The molecule has 1 saturated heterocycles. The molecule has 6 rings (SSSR count). The van der Waals surface area contributed by atoms with Crippen LogP contribution in [0.4, 0.5) is 4.79 Å². The Morgan fingerprint density at radius 2 is 1.90 bits per heavy atom. The van der Waals surface area contributed by atoms with E-state index in [0.29, 0.717) is 60.9 Å². The van der Waals surface area contributed by atoms with Crippen molar-refractivity contribution >= 4 is 29.7 Å². The molecule has 58 heavy (non-hydrogen) atoms. The van der Waals surface area contributed by atoms with Gasteiger partial charge in [-0.3, -0.25) is 9.69 Å². The van der Waals surface area contributed by atoms with Crippen LogP contribution in [-0.2, 0) is 19.0 Å². The standard InChI is InChI=1S/C45H59ClN2O10/c1-3-20-48(44(52)54-25-19-46)40-29-38(47-58-41-16-7-10-24-53-41)36-27-32(13-5-8-21-49)35(15-6-9-22-50)42-37-28-34(56-33-14-11-12-31(26-33)30-51)17-18-39(37)57-45(40,43(36)42)55-23-4-2/h4,11-12,14,17-18,26-28,30,32,35,40-43,49-50H,2-3,5-10,13,15-16,19-25,29H2,1H3. The molecule has 4 aliphatic rings. The molecule has 0 bridgehead atoms. The van der Waals surface area contributed by atoms with Crippen molar-refractivity contribution in [2.45, 2.75) is 102 Å². The number of aliphatic hydroxyl groups is 2. The van der Waals surface area contributed by atoms with Gasteiger partial charge in [-0.2, -0.15) is 0 Å². The number of ether oxygens (including phenoxy) is 5. The summed E-state index contributed by atoms with van der Waals surface area (Å²) in [7, 11) is 0. The Labute approximate surface area is 347 Å². The second-order valence-electron chi connectivity index (χ2n) is 15.5. The van der Waals surface area contributed by atoms with Crippen molar-refractivity contribution in [3.63, 3.8) is 0 Å². The van der Waals surface area contributed by atoms with E-state index in [9.17, 15) is 19.8 Å². The topological polar surface area (TPSA) is 146 Å². The number of allylic oxidation sites excluding steroid dienone is 1. The minimum atomic E-state index is -1.42. The van der Waals surface area contributed by atoms with Crippen LogP contribution in [0.25, 0.3) is 0 Å². The Balaban J connectivity index is 1.57. The highest BCUT2D eigenvalue weighted by atomic mass is 35.5. The first-order chi connectivity index (χ1) is 28.4. The highest BCUT2D eigenvalue weighted by molar-refractivity contribution is 6.18. The third-order valence-electron chi connectivity index (χ3n) is 11.7. The summed E-state index contributed by atoms with van der Waals surface area (Å²) in [6, 6.07) is 12.1. The molecule has 12 nitrogen and oxygen atoms in total. The minimum absolute atomic E-state index is 0.0346. The second-order valence-corrected chi connectivity index (χ2v) is 15.8. The van der Waals surface area contributed by atoms with Crippen LogP contribution in [0.2, 0.25) is 0 Å². The van der Waals surface area contributed by atoms with E-state index in [1.807, 2.05) is 31.2 Å². The van der Waals surface area contributed by atoms with E-state index < -0.39 is 30.1 Å². The van der Waals surface area contributed by atoms with Crippen molar-refractivity contribution < 1.29 is 48.3 Å². The number of aliphatic hydroxyl groups excluding tert-OH is 2. The highest BCUT2D eigenvalue weighted by Crippen LogP contribution is 2.62. The van der Waals surface area contributed by atoms with Crippen molar-refractivity contribution in [3.8, 4) is 17.2 Å². The number of amides is 1. The molecule has 2 aliphatic carbocycles. The van der Waals surface area contributed by atoms with Crippen LogP contribution in [0.5, 0.6) is 17.2 Å². The fourth-order valence-electron chi connectivity index (χ4n) is 9.24. The average Bonchev–Trinajstić information content (AvgIpc) is 3.25. The lowest BCUT2D eigenvalue weighted by molar-refractivity contribution is -0.255. The van der Waals surface area contributed by atoms with Crippen LogP contribution in [-0.4, -0.2) is 96.8 Å². The van der Waals surface area contributed by atoms with Gasteiger partial charge in [-0.15, -0.1) is 18.2 Å². The van der Waals surface area contributed by atoms with E-state index in [0.717, 1.165) is 62.4 Å². The van der Waals surface area contributed by atoms with Gasteiger partial charge in [0.25, 0.3) is 0 Å². The molecule has 316 valence electrons. The van der Waals surface area contributed by atoms with Crippen LogP contribution < -0.4 is 9.47 Å². The number of rotatable bonds is 21. The van der Waals surface area contributed by atoms with Gasteiger partial charge in [0.1, 0.15) is 36.2 Å². The van der Waals surface area contributed by atoms with E-state index in [1.165, 1.54) is 0 Å². The molecular weight excluding hydrogens is 764 g/mol. The van der Waals surface area contributed by atoms with Gasteiger partial charge >= 0.3 is 6.09 Å². The van der Waals surface area contributed by atoms with Gasteiger partial charge in [0.2, 0.25) is 12.1 Å². The van der Waals surface area contributed by atoms with Crippen LogP contribution in [0.1, 0.15) is 99.4 Å². The number of oxime groups is 1. The molecular formula is C45H59ClN2O10. The lowest BCUT2D eigenvalue weighted by Gasteiger charge is -2.60. The largest absolute Gasteiger partial charge is 0.459 e. The first kappa shape index (κ1) is 43.6. The summed E-state index contributed by atoms with van der Waals surface area (Å²) in [5.41, 5.74) is 3.03. The molecule has 0 aromatic heterocycles. The van der Waals surface area contributed by atoms with Gasteiger partial charge in [-0.1, -0.05) is 49.2 Å². The zero-order valence-corrected chi connectivity index (χ0v) is 34.4. The van der Waals surface area contributed by atoms with Crippen LogP contribution in [0, 0.1) is 17.8 Å². The van der Waals surface area contributed by atoms with Crippen molar-refractivity contribution in [2.75, 3.05) is 45.5 Å². The Morgan fingerprint density at radius 3 is 2.62 bits per heavy atom. The molecule has 13 heteroatoms. The lowest BCUT2D eigenvalue weighted by Crippen LogP contribution is -2.70. The van der Waals surface area contributed by atoms with Gasteiger partial charge in [-0.25, -0.2) is 4.79 Å². The fraction of sp³-hybridized carbons (Fsp3) is 0.578. The smallest absolute Gasteiger partial charge is 0.410 e. The maximum absolute atomic E-state index is 14.1. The Hall–Kier alpha value is -3.94. The molecule has 2 aliphatic heterocycles. The summed E-state index contributed by atoms with van der Waals surface area (Å²) < 4.78 is 32.3. The van der Waals surface area contributed by atoms with E-state index in [1.54, 1.807) is 29.2 Å². The monoisotopic (exact) mass is 822 g/mol. The number of carbonyl (C=O) groups excluding carboxylic acids is 2. The molecule has 2 N–H and O–H groups in total. The number of aldehydes is 1. The summed E-state index contributed by atoms with van der Waals surface area (Å²) in [5.74, 6) is -0.205. The zero-order chi connectivity index (χ0) is 40.9. The SMILES string of the molecule is C=CCOC12Oc3ccc(Oc4cccc(C=O)c4)cc3C3C(CCCCO)C(CCCCO)C=C(C(=NOC4CCCCO4)CC1N(CCC)C(=O)OCCCl)C32.